The van der Waals surface area contributed by atoms with Gasteiger partial charge in [0.1, 0.15) is 12.3 Å². The Morgan fingerprint density at radius 3 is 2.27 bits per heavy atom. The molecule has 33 heavy (non-hydrogen) atoms. The molecule has 0 bridgehead atoms. The first-order valence-corrected chi connectivity index (χ1v) is 12.2. The van der Waals surface area contributed by atoms with E-state index >= 15 is 0 Å². The van der Waals surface area contributed by atoms with Crippen LogP contribution in [0.2, 0.25) is 0 Å². The third kappa shape index (κ3) is 5.37. The van der Waals surface area contributed by atoms with E-state index in [1.807, 2.05) is 25.1 Å². The first kappa shape index (κ1) is 24.3. The van der Waals surface area contributed by atoms with Crippen molar-refractivity contribution >= 4 is 27.3 Å². The van der Waals surface area contributed by atoms with Gasteiger partial charge in [0.2, 0.25) is 5.91 Å². The molecule has 6 nitrogen and oxygen atoms in total. The Bertz CT molecular complexity index is 1240. The third-order valence-electron chi connectivity index (χ3n) is 5.48. The smallest absolute Gasteiger partial charge is 0.264 e. The molecule has 0 heterocycles. The normalized spacial score (nSPS) is 11.3. The van der Waals surface area contributed by atoms with Crippen LogP contribution in [0.5, 0.6) is 5.75 Å². The highest BCUT2D eigenvalue weighted by atomic mass is 32.2. The van der Waals surface area contributed by atoms with Crippen LogP contribution < -0.4 is 14.4 Å². The minimum Gasteiger partial charge on any atom is -0.496 e. The molecule has 0 saturated heterocycles. The molecule has 0 aliphatic rings. The number of hydrogen-bond donors (Lipinski definition) is 1. The van der Waals surface area contributed by atoms with Crippen LogP contribution in [-0.4, -0.2) is 28.0 Å². The van der Waals surface area contributed by atoms with Crippen LogP contribution in [0.1, 0.15) is 36.5 Å². The number of rotatable bonds is 8. The Morgan fingerprint density at radius 1 is 0.970 bits per heavy atom. The number of anilines is 2. The maximum Gasteiger partial charge on any atom is 0.264 e. The van der Waals surface area contributed by atoms with Gasteiger partial charge in [-0.2, -0.15) is 0 Å². The zero-order chi connectivity index (χ0) is 24.2. The number of benzene rings is 3. The fraction of sp³-hybridized carbons (Fsp3) is 0.269. The van der Waals surface area contributed by atoms with E-state index < -0.39 is 15.9 Å². The van der Waals surface area contributed by atoms with Crippen molar-refractivity contribution in [1.29, 1.82) is 0 Å². The predicted molar refractivity (Wildman–Crippen MR) is 133 cm³/mol. The second-order valence-electron chi connectivity index (χ2n) is 8.22. The van der Waals surface area contributed by atoms with Crippen molar-refractivity contribution in [3.63, 3.8) is 0 Å². The number of hydrogen-bond acceptors (Lipinski definition) is 4. The van der Waals surface area contributed by atoms with Gasteiger partial charge in [-0.05, 0) is 66.8 Å². The van der Waals surface area contributed by atoms with Crippen molar-refractivity contribution in [3.05, 3.63) is 83.4 Å². The van der Waals surface area contributed by atoms with Crippen LogP contribution in [0.15, 0.2) is 71.6 Å². The van der Waals surface area contributed by atoms with Gasteiger partial charge in [-0.25, -0.2) is 8.42 Å². The van der Waals surface area contributed by atoms with Crippen LogP contribution in [-0.2, 0) is 14.8 Å². The number of ether oxygens (including phenoxy) is 1. The van der Waals surface area contributed by atoms with Crippen molar-refractivity contribution in [1.82, 2.24) is 0 Å². The van der Waals surface area contributed by atoms with E-state index in [9.17, 15) is 13.2 Å². The zero-order valence-electron chi connectivity index (χ0n) is 19.6. The van der Waals surface area contributed by atoms with Gasteiger partial charge >= 0.3 is 0 Å². The molecule has 1 amide bonds. The summed E-state index contributed by atoms with van der Waals surface area (Å²) in [5.74, 6) is 0.388. The third-order valence-corrected chi connectivity index (χ3v) is 7.25. The Kier molecular flexibility index (Phi) is 7.43. The van der Waals surface area contributed by atoms with Gasteiger partial charge in [0, 0.05) is 5.69 Å². The van der Waals surface area contributed by atoms with Crippen LogP contribution in [0.4, 0.5) is 11.4 Å². The van der Waals surface area contributed by atoms with E-state index in [2.05, 4.69) is 19.2 Å². The highest BCUT2D eigenvalue weighted by Gasteiger charge is 2.28. The Hall–Kier alpha value is -3.32. The number of amides is 1. The van der Waals surface area contributed by atoms with Gasteiger partial charge < -0.3 is 10.1 Å². The minimum absolute atomic E-state index is 0.0937. The van der Waals surface area contributed by atoms with E-state index in [0.717, 1.165) is 21.1 Å². The molecule has 7 heteroatoms. The second-order valence-corrected chi connectivity index (χ2v) is 10.1. The maximum atomic E-state index is 13.6. The van der Waals surface area contributed by atoms with E-state index in [0.29, 0.717) is 17.0 Å². The summed E-state index contributed by atoms with van der Waals surface area (Å²) < 4.78 is 33.6. The summed E-state index contributed by atoms with van der Waals surface area (Å²) in [5.41, 5.74) is 3.76. The van der Waals surface area contributed by atoms with Gasteiger partial charge in [0.15, 0.2) is 0 Å². The topological polar surface area (TPSA) is 75.7 Å². The van der Waals surface area contributed by atoms with Crippen LogP contribution in [0.3, 0.4) is 0 Å². The summed E-state index contributed by atoms with van der Waals surface area (Å²) in [6.45, 7) is 7.45. The lowest BCUT2D eigenvalue weighted by Crippen LogP contribution is -2.38. The molecule has 0 radical (unpaired) electrons. The average molecular weight is 467 g/mol. The monoisotopic (exact) mass is 466 g/mol. The van der Waals surface area contributed by atoms with Gasteiger partial charge in [-0.1, -0.05) is 50.2 Å². The number of methoxy groups -OCH3 is 1. The van der Waals surface area contributed by atoms with Crippen molar-refractivity contribution in [2.75, 3.05) is 23.3 Å². The fourth-order valence-corrected chi connectivity index (χ4v) is 5.21. The summed E-state index contributed by atoms with van der Waals surface area (Å²) in [6.07, 6.45) is 0. The number of sulfonamides is 1. The molecule has 3 rings (SSSR count). The summed E-state index contributed by atoms with van der Waals surface area (Å²) in [7, 11) is -2.47. The summed E-state index contributed by atoms with van der Waals surface area (Å²) in [5, 5.41) is 2.95. The van der Waals surface area contributed by atoms with Crippen LogP contribution in [0.25, 0.3) is 0 Å². The quantitative estimate of drug-likeness (QED) is 0.491. The summed E-state index contributed by atoms with van der Waals surface area (Å²) >= 11 is 0. The highest BCUT2D eigenvalue weighted by Crippen LogP contribution is 2.29. The molecule has 0 unspecified atom stereocenters. The second kappa shape index (κ2) is 10.1. The lowest BCUT2D eigenvalue weighted by Gasteiger charge is -2.25. The van der Waals surface area contributed by atoms with E-state index in [1.165, 1.54) is 13.2 Å². The molecular weight excluding hydrogens is 436 g/mol. The van der Waals surface area contributed by atoms with Gasteiger partial charge in [-0.15, -0.1) is 0 Å². The summed E-state index contributed by atoms with van der Waals surface area (Å²) in [4.78, 5) is 13.2. The van der Waals surface area contributed by atoms with Gasteiger partial charge in [0.05, 0.1) is 17.7 Å². The molecule has 1 N–H and O–H groups in total. The standard InChI is InChI=1S/C26H30N2O4S/c1-18(2)23-13-9-10-19(3)26(23)27-25(29)17-28(21-11-7-6-8-12-21)33(30,31)22-14-15-24(32-5)20(4)16-22/h6-16,18H,17H2,1-5H3,(H,27,29). The number of para-hydroxylation sites is 2. The molecule has 0 saturated carbocycles. The first-order chi connectivity index (χ1) is 15.6. The van der Waals surface area contributed by atoms with E-state index in [1.54, 1.807) is 49.4 Å². The first-order valence-electron chi connectivity index (χ1n) is 10.8. The average Bonchev–Trinajstić information content (AvgIpc) is 2.79. The van der Waals surface area contributed by atoms with Crippen molar-refractivity contribution in [2.45, 2.75) is 38.5 Å². The van der Waals surface area contributed by atoms with Crippen molar-refractivity contribution in [2.24, 2.45) is 0 Å². The highest BCUT2D eigenvalue weighted by molar-refractivity contribution is 7.92. The largest absolute Gasteiger partial charge is 0.496 e. The SMILES string of the molecule is COc1ccc(S(=O)(=O)N(CC(=O)Nc2c(C)cccc2C(C)C)c2ccccc2)cc1C. The lowest BCUT2D eigenvalue weighted by molar-refractivity contribution is -0.114. The molecular formula is C26H30N2O4S. The fourth-order valence-electron chi connectivity index (χ4n) is 3.70. The molecule has 0 spiro atoms. The van der Waals surface area contributed by atoms with Gasteiger partial charge in [-0.3, -0.25) is 9.10 Å². The van der Waals surface area contributed by atoms with Crippen LogP contribution >= 0.6 is 0 Å². The Labute approximate surface area is 196 Å². The van der Waals surface area contributed by atoms with E-state index in [4.69, 9.17) is 4.74 Å². The molecule has 0 aliphatic heterocycles. The Balaban J connectivity index is 1.98. The lowest BCUT2D eigenvalue weighted by atomic mass is 9.98. The number of nitrogens with one attached hydrogen (secondary N) is 1. The number of carbonyl (C=O) groups excluding carboxylic acids is 1. The molecule has 0 atom stereocenters. The van der Waals surface area contributed by atoms with Crippen LogP contribution in [0, 0.1) is 13.8 Å². The van der Waals surface area contributed by atoms with Crippen molar-refractivity contribution in [3.8, 4) is 5.75 Å². The molecule has 3 aromatic rings. The molecule has 0 fully saturated rings. The van der Waals surface area contributed by atoms with E-state index in [-0.39, 0.29) is 17.4 Å². The zero-order valence-corrected chi connectivity index (χ0v) is 20.4. The molecule has 0 aliphatic carbocycles. The Morgan fingerprint density at radius 2 is 1.67 bits per heavy atom. The number of carbonyl (C=O) groups is 1. The predicted octanol–water partition coefficient (Wildman–Crippen LogP) is 5.27. The molecule has 174 valence electrons. The maximum absolute atomic E-state index is 13.6. The number of aryl methyl sites for hydroxylation is 2. The minimum atomic E-state index is -4.01. The molecule has 0 aromatic heterocycles. The molecule has 3 aromatic carbocycles. The van der Waals surface area contributed by atoms with Gasteiger partial charge in [0.25, 0.3) is 10.0 Å². The van der Waals surface area contributed by atoms with Crippen molar-refractivity contribution < 1.29 is 17.9 Å². The summed E-state index contributed by atoms with van der Waals surface area (Å²) in [6, 6.07) is 19.2. The number of nitrogens with zero attached hydrogens (tertiary/aromatic N) is 1.